The molecule has 0 spiro atoms. The quantitative estimate of drug-likeness (QED) is 0.209. The number of nitrogens with zero attached hydrogens (tertiary/aromatic N) is 5. The molecule has 9 rings (SSSR count). The largest absolute Gasteiger partial charge is 0.306 e. The topological polar surface area (TPSA) is 37.2 Å². The van der Waals surface area contributed by atoms with Gasteiger partial charge in [0.1, 0.15) is 0 Å². The van der Waals surface area contributed by atoms with Crippen molar-refractivity contribution in [1.82, 2.24) is 14.5 Å². The van der Waals surface area contributed by atoms with Crippen LogP contribution in [0.2, 0.25) is 0 Å². The molecule has 0 fully saturated rings. The number of para-hydroxylation sites is 4. The smallest absolute Gasteiger partial charge is 0.0964 e. The van der Waals surface area contributed by atoms with E-state index in [9.17, 15) is 0 Å². The Hall–Kier alpha value is -6.20. The second kappa shape index (κ2) is 10.2. The van der Waals surface area contributed by atoms with Crippen LogP contribution in [0.3, 0.4) is 0 Å². The third kappa shape index (κ3) is 4.02. The van der Waals surface area contributed by atoms with E-state index in [1.165, 1.54) is 11.1 Å². The Balaban J connectivity index is 1.21. The Morgan fingerprint density at radius 3 is 1.69 bits per heavy atom. The molecule has 8 aromatic rings. The van der Waals surface area contributed by atoms with Crippen molar-refractivity contribution in [3.8, 4) is 16.8 Å². The van der Waals surface area contributed by atoms with Crippen LogP contribution in [0.15, 0.2) is 164 Å². The number of rotatable bonds is 4. The third-order valence-electron chi connectivity index (χ3n) is 8.63. The zero-order valence-corrected chi connectivity index (χ0v) is 24.3. The maximum absolute atomic E-state index is 4.84. The molecule has 5 aromatic carbocycles. The molecule has 0 radical (unpaired) electrons. The fourth-order valence-electron chi connectivity index (χ4n) is 6.66. The van der Waals surface area contributed by atoms with E-state index in [1.807, 2.05) is 24.5 Å². The van der Waals surface area contributed by atoms with Crippen LogP contribution in [0.25, 0.3) is 38.8 Å². The molecule has 0 amide bonds. The van der Waals surface area contributed by atoms with Gasteiger partial charge in [-0.25, -0.2) is 0 Å². The minimum absolute atomic E-state index is 0.969. The van der Waals surface area contributed by atoms with E-state index in [0.29, 0.717) is 0 Å². The first-order chi connectivity index (χ1) is 22.3. The van der Waals surface area contributed by atoms with Crippen LogP contribution in [0, 0.1) is 0 Å². The predicted octanol–water partition coefficient (Wildman–Crippen LogP) is 10.5. The van der Waals surface area contributed by atoms with E-state index in [2.05, 4.69) is 153 Å². The Bertz CT molecular complexity index is 2280. The normalized spacial score (nSPS) is 12.4. The summed E-state index contributed by atoms with van der Waals surface area (Å²) < 4.78 is 2.24. The summed E-state index contributed by atoms with van der Waals surface area (Å²) in [7, 11) is 0. The van der Waals surface area contributed by atoms with Crippen LogP contribution < -0.4 is 9.80 Å². The molecule has 0 saturated carbocycles. The van der Waals surface area contributed by atoms with Gasteiger partial charge in [-0.1, -0.05) is 66.7 Å². The molecule has 0 unspecified atom stereocenters. The summed E-state index contributed by atoms with van der Waals surface area (Å²) in [5.74, 6) is 0. The Labute approximate surface area is 260 Å². The van der Waals surface area contributed by atoms with E-state index in [1.54, 1.807) is 6.20 Å². The molecule has 1 aliphatic heterocycles. The van der Waals surface area contributed by atoms with Gasteiger partial charge in [0.25, 0.3) is 0 Å². The Morgan fingerprint density at radius 1 is 0.422 bits per heavy atom. The maximum Gasteiger partial charge on any atom is 0.0964 e. The van der Waals surface area contributed by atoms with E-state index >= 15 is 0 Å². The zero-order valence-electron chi connectivity index (χ0n) is 24.3. The van der Waals surface area contributed by atoms with E-state index in [-0.39, 0.29) is 0 Å². The number of pyridine rings is 2. The molecule has 3 aromatic heterocycles. The van der Waals surface area contributed by atoms with Gasteiger partial charge in [-0.05, 0) is 90.0 Å². The SMILES string of the molecule is c1ccc(-c2ccc(N3c4ccccc4N(c4ccc5c(c4)c4ncccc4n5-c4cccnc4)c4ccccc43)cc2)cc1. The highest BCUT2D eigenvalue weighted by Gasteiger charge is 2.30. The molecule has 45 heavy (non-hydrogen) atoms. The fraction of sp³-hybridized carbons (Fsp3) is 0. The lowest BCUT2D eigenvalue weighted by Crippen LogP contribution is -2.23. The first-order valence-electron chi connectivity index (χ1n) is 15.1. The Morgan fingerprint density at radius 2 is 1.02 bits per heavy atom. The van der Waals surface area contributed by atoms with Crippen molar-refractivity contribution in [3.05, 3.63) is 164 Å². The second-order valence-electron chi connectivity index (χ2n) is 11.2. The van der Waals surface area contributed by atoms with Crippen molar-refractivity contribution in [2.24, 2.45) is 0 Å². The summed E-state index contributed by atoms with van der Waals surface area (Å²) in [6, 6.07) is 51.5. The summed E-state index contributed by atoms with van der Waals surface area (Å²) in [6.45, 7) is 0. The minimum atomic E-state index is 0.969. The van der Waals surface area contributed by atoms with Gasteiger partial charge in [0.05, 0.1) is 51.2 Å². The van der Waals surface area contributed by atoms with Crippen LogP contribution in [-0.4, -0.2) is 14.5 Å². The molecule has 0 N–H and O–H groups in total. The van der Waals surface area contributed by atoms with E-state index < -0.39 is 0 Å². The molecule has 212 valence electrons. The van der Waals surface area contributed by atoms with Gasteiger partial charge in [-0.2, -0.15) is 0 Å². The molecule has 4 heterocycles. The van der Waals surface area contributed by atoms with Gasteiger partial charge >= 0.3 is 0 Å². The van der Waals surface area contributed by atoms with E-state index in [4.69, 9.17) is 4.98 Å². The highest BCUT2D eigenvalue weighted by atomic mass is 15.3. The molecule has 0 atom stereocenters. The number of benzene rings is 5. The summed E-state index contributed by atoms with van der Waals surface area (Å²) in [6.07, 6.45) is 5.58. The summed E-state index contributed by atoms with van der Waals surface area (Å²) in [5, 5.41) is 1.10. The summed E-state index contributed by atoms with van der Waals surface area (Å²) in [5.41, 5.74) is 13.2. The van der Waals surface area contributed by atoms with Crippen LogP contribution in [0.1, 0.15) is 0 Å². The van der Waals surface area contributed by atoms with Gasteiger partial charge in [-0.15, -0.1) is 0 Å². The van der Waals surface area contributed by atoms with Crippen molar-refractivity contribution in [3.63, 3.8) is 0 Å². The first kappa shape index (κ1) is 25.3. The van der Waals surface area contributed by atoms with Crippen molar-refractivity contribution in [1.29, 1.82) is 0 Å². The molecular weight excluding hydrogens is 550 g/mol. The summed E-state index contributed by atoms with van der Waals surface area (Å²) in [4.78, 5) is 14.0. The fourth-order valence-corrected chi connectivity index (χ4v) is 6.66. The highest BCUT2D eigenvalue weighted by Crippen LogP contribution is 2.54. The van der Waals surface area contributed by atoms with E-state index in [0.717, 1.165) is 61.7 Å². The number of fused-ring (bicyclic) bond motifs is 5. The van der Waals surface area contributed by atoms with Gasteiger partial charge < -0.3 is 14.4 Å². The molecular formula is C40H27N5. The molecule has 1 aliphatic rings. The molecule has 0 aliphatic carbocycles. The standard InChI is InChI=1S/C40H27N5/c1-2-10-28(11-3-1)29-18-20-30(21-19-29)43-35-13-4-6-15-37(35)44(38-16-7-5-14-36(38)43)31-22-23-34-33(26-31)40-39(17-9-25-42-40)45(34)32-12-8-24-41-27-32/h1-27H. The van der Waals surface area contributed by atoms with Crippen LogP contribution >= 0.6 is 0 Å². The van der Waals surface area contributed by atoms with Gasteiger partial charge in [0.2, 0.25) is 0 Å². The number of aromatic nitrogens is 3. The average Bonchev–Trinajstić information content (AvgIpc) is 3.45. The molecule has 5 nitrogen and oxygen atoms in total. The van der Waals surface area contributed by atoms with Crippen LogP contribution in [0.5, 0.6) is 0 Å². The lowest BCUT2D eigenvalue weighted by Gasteiger charge is -2.40. The van der Waals surface area contributed by atoms with Gasteiger partial charge in [0.15, 0.2) is 0 Å². The third-order valence-corrected chi connectivity index (χ3v) is 8.63. The highest BCUT2D eigenvalue weighted by molar-refractivity contribution is 6.10. The second-order valence-corrected chi connectivity index (χ2v) is 11.2. The van der Waals surface area contributed by atoms with Crippen molar-refractivity contribution < 1.29 is 0 Å². The van der Waals surface area contributed by atoms with Crippen molar-refractivity contribution in [2.75, 3.05) is 9.80 Å². The minimum Gasteiger partial charge on any atom is -0.306 e. The lowest BCUT2D eigenvalue weighted by atomic mass is 10.0. The molecule has 0 saturated heterocycles. The average molecular weight is 578 g/mol. The van der Waals surface area contributed by atoms with Crippen LogP contribution in [0.4, 0.5) is 34.1 Å². The molecule has 0 bridgehead atoms. The lowest BCUT2D eigenvalue weighted by molar-refractivity contribution is 1.14. The van der Waals surface area contributed by atoms with Gasteiger partial charge in [-0.3, -0.25) is 9.97 Å². The number of hydrogen-bond acceptors (Lipinski definition) is 4. The van der Waals surface area contributed by atoms with Crippen LogP contribution in [-0.2, 0) is 0 Å². The summed E-state index contributed by atoms with van der Waals surface area (Å²) >= 11 is 0. The first-order valence-corrected chi connectivity index (χ1v) is 15.1. The number of hydrogen-bond donors (Lipinski definition) is 0. The zero-order chi connectivity index (χ0) is 29.7. The van der Waals surface area contributed by atoms with Gasteiger partial charge in [0, 0.05) is 29.2 Å². The van der Waals surface area contributed by atoms with Crippen molar-refractivity contribution in [2.45, 2.75) is 0 Å². The predicted molar refractivity (Wildman–Crippen MR) is 185 cm³/mol. The van der Waals surface area contributed by atoms with Crippen molar-refractivity contribution >= 4 is 56.1 Å². The Kier molecular flexibility index (Phi) is 5.74. The molecule has 5 heteroatoms. The number of anilines is 6. The monoisotopic (exact) mass is 577 g/mol. The maximum atomic E-state index is 4.84.